The van der Waals surface area contributed by atoms with Crippen LogP contribution in [0.2, 0.25) is 0 Å². The third-order valence-electron chi connectivity index (χ3n) is 2.30. The number of pyridine rings is 1. The first-order valence-corrected chi connectivity index (χ1v) is 6.62. The fourth-order valence-electron chi connectivity index (χ4n) is 1.48. The van der Waals surface area contributed by atoms with Crippen LogP contribution in [0.15, 0.2) is 59.8 Å². The molecular formula is C11H9N3O4S. The Morgan fingerprint density at radius 3 is 2.16 bits per heavy atom. The molecule has 2 rings (SSSR count). The Labute approximate surface area is 109 Å². The van der Waals surface area contributed by atoms with Crippen LogP contribution in [0.25, 0.3) is 0 Å². The van der Waals surface area contributed by atoms with Crippen molar-refractivity contribution in [2.75, 3.05) is 4.41 Å². The lowest BCUT2D eigenvalue weighted by atomic mass is 10.4. The average Bonchev–Trinajstić information content (AvgIpc) is 2.40. The molecule has 8 heteroatoms. The number of anilines is 1. The standard InChI is InChI=1S/C11H9N3O4S/c15-14(16)13(10-6-8-12-9-7-10)19(17,18)11-4-2-1-3-5-11/h1-9H. The number of hydrazine groups is 1. The van der Waals surface area contributed by atoms with Crippen molar-refractivity contribution in [1.29, 1.82) is 0 Å². The largest absolute Gasteiger partial charge is 0.318 e. The first-order valence-electron chi connectivity index (χ1n) is 5.18. The van der Waals surface area contributed by atoms with Gasteiger partial charge in [-0.25, -0.2) is 10.1 Å². The van der Waals surface area contributed by atoms with Crippen LogP contribution in [0.5, 0.6) is 0 Å². The normalized spacial score (nSPS) is 10.9. The lowest BCUT2D eigenvalue weighted by Crippen LogP contribution is -2.36. The molecule has 0 amide bonds. The van der Waals surface area contributed by atoms with Crippen LogP contribution < -0.4 is 4.41 Å². The van der Waals surface area contributed by atoms with Crippen LogP contribution in [0, 0.1) is 10.1 Å². The van der Waals surface area contributed by atoms with Crippen molar-refractivity contribution in [3.8, 4) is 0 Å². The van der Waals surface area contributed by atoms with E-state index in [-0.39, 0.29) is 15.0 Å². The van der Waals surface area contributed by atoms with Crippen molar-refractivity contribution >= 4 is 15.7 Å². The highest BCUT2D eigenvalue weighted by molar-refractivity contribution is 7.92. The molecule has 7 nitrogen and oxygen atoms in total. The summed E-state index contributed by atoms with van der Waals surface area (Å²) >= 11 is 0. The first-order chi connectivity index (χ1) is 9.03. The summed E-state index contributed by atoms with van der Waals surface area (Å²) in [6.45, 7) is 0. The molecule has 0 atom stereocenters. The number of hydrogen-bond donors (Lipinski definition) is 0. The molecule has 2 aromatic rings. The van der Waals surface area contributed by atoms with E-state index in [9.17, 15) is 18.5 Å². The predicted molar refractivity (Wildman–Crippen MR) is 67.3 cm³/mol. The van der Waals surface area contributed by atoms with Crippen LogP contribution in [0.3, 0.4) is 0 Å². The molecule has 19 heavy (non-hydrogen) atoms. The SMILES string of the molecule is O=[N+]([O-])N(c1ccncc1)S(=O)(=O)c1ccccc1. The molecule has 0 aliphatic carbocycles. The monoisotopic (exact) mass is 279 g/mol. The zero-order valence-electron chi connectivity index (χ0n) is 9.58. The average molecular weight is 279 g/mol. The summed E-state index contributed by atoms with van der Waals surface area (Å²) < 4.78 is 24.6. The Morgan fingerprint density at radius 2 is 1.63 bits per heavy atom. The molecule has 0 saturated carbocycles. The summed E-state index contributed by atoms with van der Waals surface area (Å²) in [5, 5.41) is 10.1. The third kappa shape index (κ3) is 2.52. The Kier molecular flexibility index (Phi) is 3.43. The second-order valence-electron chi connectivity index (χ2n) is 3.50. The zero-order valence-corrected chi connectivity index (χ0v) is 10.4. The van der Waals surface area contributed by atoms with E-state index in [4.69, 9.17) is 0 Å². The Hall–Kier alpha value is -2.48. The number of hydrogen-bond acceptors (Lipinski definition) is 5. The summed E-state index contributed by atoms with van der Waals surface area (Å²) in [6, 6.07) is 9.73. The van der Waals surface area contributed by atoms with E-state index in [0.717, 1.165) is 0 Å². The highest BCUT2D eigenvalue weighted by Gasteiger charge is 2.34. The van der Waals surface area contributed by atoms with Crippen LogP contribution in [0.1, 0.15) is 0 Å². The van der Waals surface area contributed by atoms with Gasteiger partial charge in [-0.15, -0.1) is 0 Å². The number of benzene rings is 1. The van der Waals surface area contributed by atoms with E-state index in [0.29, 0.717) is 0 Å². The van der Waals surface area contributed by atoms with Crippen LogP contribution in [-0.2, 0) is 10.0 Å². The minimum atomic E-state index is -4.25. The van der Waals surface area contributed by atoms with Crippen molar-refractivity contribution in [1.82, 2.24) is 4.98 Å². The molecule has 0 fully saturated rings. The van der Waals surface area contributed by atoms with Gasteiger partial charge in [0.05, 0.1) is 4.90 Å². The van der Waals surface area contributed by atoms with Crippen LogP contribution in [0.4, 0.5) is 5.69 Å². The number of rotatable bonds is 4. The van der Waals surface area contributed by atoms with Gasteiger partial charge in [0.1, 0.15) is 5.69 Å². The van der Waals surface area contributed by atoms with Gasteiger partial charge in [-0.2, -0.15) is 8.42 Å². The van der Waals surface area contributed by atoms with Gasteiger partial charge < -0.3 is 0 Å². The molecule has 0 aliphatic rings. The minimum absolute atomic E-state index is 0.0798. The van der Waals surface area contributed by atoms with Crippen molar-refractivity contribution in [3.05, 3.63) is 65.0 Å². The molecule has 98 valence electrons. The first kappa shape index (κ1) is 13.0. The maximum absolute atomic E-state index is 12.2. The molecule has 0 bridgehead atoms. The molecule has 0 unspecified atom stereocenters. The lowest BCUT2D eigenvalue weighted by Gasteiger charge is -2.13. The maximum atomic E-state index is 12.2. The quantitative estimate of drug-likeness (QED) is 0.624. The molecule has 0 radical (unpaired) electrons. The Balaban J connectivity index is 2.55. The lowest BCUT2D eigenvalue weighted by molar-refractivity contribution is -0.474. The predicted octanol–water partition coefficient (Wildman–Crippen LogP) is 1.47. The number of nitro groups is 1. The minimum Gasteiger partial charge on any atom is -0.265 e. The zero-order chi connectivity index (χ0) is 13.9. The molecular weight excluding hydrogens is 270 g/mol. The highest BCUT2D eigenvalue weighted by atomic mass is 32.2. The van der Waals surface area contributed by atoms with E-state index < -0.39 is 15.1 Å². The highest BCUT2D eigenvalue weighted by Crippen LogP contribution is 2.22. The van der Waals surface area contributed by atoms with Gasteiger partial charge >= 0.3 is 10.0 Å². The van der Waals surface area contributed by atoms with Gasteiger partial charge in [0.15, 0.2) is 5.03 Å². The summed E-state index contributed by atoms with van der Waals surface area (Å²) in [5.74, 6) is 0. The van der Waals surface area contributed by atoms with Gasteiger partial charge in [-0.3, -0.25) is 4.98 Å². The van der Waals surface area contributed by atoms with E-state index in [1.165, 1.54) is 48.8 Å². The second-order valence-corrected chi connectivity index (χ2v) is 5.27. The maximum Gasteiger partial charge on any atom is 0.318 e. The molecule has 1 heterocycles. The summed E-state index contributed by atoms with van der Waals surface area (Å²) in [6.07, 6.45) is 2.57. The number of sulfonamides is 1. The Bertz CT molecular complexity index is 674. The van der Waals surface area contributed by atoms with Gasteiger partial charge in [-0.1, -0.05) is 18.2 Å². The number of aromatic nitrogens is 1. The third-order valence-corrected chi connectivity index (χ3v) is 3.97. The van der Waals surface area contributed by atoms with Gasteiger partial charge in [0.2, 0.25) is 0 Å². The Morgan fingerprint density at radius 1 is 1.05 bits per heavy atom. The summed E-state index contributed by atoms with van der Waals surface area (Å²) in [4.78, 5) is 14.6. The van der Waals surface area contributed by atoms with Gasteiger partial charge in [-0.05, 0) is 24.3 Å². The van der Waals surface area contributed by atoms with E-state index in [1.807, 2.05) is 0 Å². The molecule has 0 aliphatic heterocycles. The molecule has 1 aromatic heterocycles. The van der Waals surface area contributed by atoms with E-state index >= 15 is 0 Å². The van der Waals surface area contributed by atoms with Gasteiger partial charge in [0.25, 0.3) is 0 Å². The summed E-state index contributed by atoms with van der Waals surface area (Å²) in [7, 11) is -4.25. The molecule has 0 N–H and O–H groups in total. The van der Waals surface area contributed by atoms with Crippen molar-refractivity contribution in [2.24, 2.45) is 0 Å². The second kappa shape index (κ2) is 5.02. The fourth-order valence-corrected chi connectivity index (χ4v) is 2.76. The van der Waals surface area contributed by atoms with Crippen molar-refractivity contribution < 1.29 is 13.5 Å². The smallest absolute Gasteiger partial charge is 0.265 e. The summed E-state index contributed by atoms with van der Waals surface area (Å²) in [5.41, 5.74) is -0.0798. The molecule has 0 spiro atoms. The fraction of sp³-hybridized carbons (Fsp3) is 0. The van der Waals surface area contributed by atoms with Crippen LogP contribution in [-0.4, -0.2) is 18.4 Å². The van der Waals surface area contributed by atoms with Gasteiger partial charge in [0, 0.05) is 16.8 Å². The van der Waals surface area contributed by atoms with E-state index in [2.05, 4.69) is 4.98 Å². The van der Waals surface area contributed by atoms with E-state index in [1.54, 1.807) is 6.07 Å². The molecule has 1 aromatic carbocycles. The molecule has 0 saturated heterocycles. The van der Waals surface area contributed by atoms with Crippen molar-refractivity contribution in [3.63, 3.8) is 0 Å². The van der Waals surface area contributed by atoms with Crippen LogP contribution >= 0.6 is 0 Å². The topological polar surface area (TPSA) is 93.4 Å². The van der Waals surface area contributed by atoms with Crippen molar-refractivity contribution in [2.45, 2.75) is 4.90 Å². The number of nitrogens with zero attached hydrogens (tertiary/aromatic N) is 3.